The second kappa shape index (κ2) is 2.34. The largest absolute Gasteiger partial charge is 0.493 e. The number of para-hydroxylation sites is 1. The van der Waals surface area contributed by atoms with Crippen LogP contribution in [0.3, 0.4) is 0 Å². The Morgan fingerprint density at radius 3 is 2.92 bits per heavy atom. The molecule has 1 saturated carbocycles. The predicted octanol–water partition coefficient (Wildman–Crippen LogP) is 1.75. The van der Waals surface area contributed by atoms with Gasteiger partial charge < -0.3 is 4.74 Å². The van der Waals surface area contributed by atoms with Gasteiger partial charge in [-0.1, -0.05) is 18.2 Å². The fourth-order valence-electron chi connectivity index (χ4n) is 2.21. The summed E-state index contributed by atoms with van der Waals surface area (Å²) in [6, 6.07) is 8.03. The molecule has 0 amide bonds. The minimum atomic E-state index is 0.148. The molecule has 1 aliphatic heterocycles. The summed E-state index contributed by atoms with van der Waals surface area (Å²) in [6.45, 7) is 0.584. The van der Waals surface area contributed by atoms with Crippen LogP contribution in [0, 0.1) is 5.92 Å². The third-order valence-electron chi connectivity index (χ3n) is 3.06. The monoisotopic (exact) mass is 174 g/mol. The van der Waals surface area contributed by atoms with Crippen molar-refractivity contribution in [1.29, 1.82) is 0 Å². The van der Waals surface area contributed by atoms with Crippen LogP contribution in [0.15, 0.2) is 24.3 Å². The standard InChI is InChI=1S/C11H10O2/c12-10-5-8-7-3-1-2-4-11(7)13-6-9(8)10/h1-4,8-9H,5-6H2/t8-,9+/m0/s1. The Labute approximate surface area is 76.5 Å². The molecule has 1 aliphatic carbocycles. The van der Waals surface area contributed by atoms with Crippen LogP contribution in [0.25, 0.3) is 0 Å². The Hall–Kier alpha value is -1.31. The van der Waals surface area contributed by atoms with Crippen LogP contribution >= 0.6 is 0 Å². The quantitative estimate of drug-likeness (QED) is 0.599. The van der Waals surface area contributed by atoms with Crippen molar-refractivity contribution in [3.05, 3.63) is 29.8 Å². The van der Waals surface area contributed by atoms with Gasteiger partial charge in [-0.25, -0.2) is 0 Å². The molecule has 0 radical (unpaired) electrons. The van der Waals surface area contributed by atoms with Crippen molar-refractivity contribution in [2.24, 2.45) is 5.92 Å². The van der Waals surface area contributed by atoms with Crippen LogP contribution in [0.5, 0.6) is 5.75 Å². The molecular formula is C11H10O2. The summed E-state index contributed by atoms with van der Waals surface area (Å²) in [5, 5.41) is 0. The van der Waals surface area contributed by atoms with E-state index in [1.54, 1.807) is 0 Å². The zero-order chi connectivity index (χ0) is 8.84. The van der Waals surface area contributed by atoms with Gasteiger partial charge in [-0.2, -0.15) is 0 Å². The molecule has 66 valence electrons. The first kappa shape index (κ1) is 7.13. The molecular weight excluding hydrogens is 164 g/mol. The number of hydrogen-bond acceptors (Lipinski definition) is 2. The molecule has 1 fully saturated rings. The maximum Gasteiger partial charge on any atom is 0.140 e. The molecule has 0 bridgehead atoms. The molecule has 0 spiro atoms. The zero-order valence-electron chi connectivity index (χ0n) is 7.19. The van der Waals surface area contributed by atoms with E-state index < -0.39 is 0 Å². The molecule has 1 heterocycles. The maximum absolute atomic E-state index is 11.2. The van der Waals surface area contributed by atoms with Crippen molar-refractivity contribution < 1.29 is 9.53 Å². The fraction of sp³-hybridized carbons (Fsp3) is 0.364. The van der Waals surface area contributed by atoms with Crippen LogP contribution in [0.4, 0.5) is 0 Å². The lowest BCUT2D eigenvalue weighted by molar-refractivity contribution is -0.133. The highest BCUT2D eigenvalue weighted by atomic mass is 16.5. The van der Waals surface area contributed by atoms with Gasteiger partial charge in [0.2, 0.25) is 0 Å². The number of ether oxygens (including phenoxy) is 1. The normalized spacial score (nSPS) is 29.7. The lowest BCUT2D eigenvalue weighted by atomic mass is 9.68. The number of hydrogen-bond donors (Lipinski definition) is 0. The summed E-state index contributed by atoms with van der Waals surface area (Å²) in [7, 11) is 0. The van der Waals surface area contributed by atoms with E-state index in [2.05, 4.69) is 6.07 Å². The van der Waals surface area contributed by atoms with E-state index in [1.165, 1.54) is 5.56 Å². The summed E-state index contributed by atoms with van der Waals surface area (Å²) in [4.78, 5) is 11.2. The smallest absolute Gasteiger partial charge is 0.140 e. The first-order valence-electron chi connectivity index (χ1n) is 4.61. The minimum absolute atomic E-state index is 0.148. The summed E-state index contributed by atoms with van der Waals surface area (Å²) < 4.78 is 5.51. The van der Waals surface area contributed by atoms with Crippen molar-refractivity contribution in [1.82, 2.24) is 0 Å². The molecule has 2 atom stereocenters. The lowest BCUT2D eigenvalue weighted by Crippen LogP contribution is -2.42. The molecule has 13 heavy (non-hydrogen) atoms. The van der Waals surface area contributed by atoms with Crippen molar-refractivity contribution in [2.75, 3.05) is 6.61 Å². The molecule has 0 aromatic heterocycles. The van der Waals surface area contributed by atoms with Crippen LogP contribution < -0.4 is 4.74 Å². The Bertz CT molecular complexity index is 370. The first-order valence-corrected chi connectivity index (χ1v) is 4.61. The highest BCUT2D eigenvalue weighted by Gasteiger charge is 2.44. The van der Waals surface area contributed by atoms with E-state index >= 15 is 0 Å². The summed E-state index contributed by atoms with van der Waals surface area (Å²) >= 11 is 0. The number of fused-ring (bicyclic) bond motifs is 3. The molecule has 2 heteroatoms. The van der Waals surface area contributed by atoms with Crippen molar-refractivity contribution in [3.8, 4) is 5.75 Å². The van der Waals surface area contributed by atoms with Gasteiger partial charge in [0.05, 0.1) is 12.5 Å². The number of ketones is 1. The average Bonchev–Trinajstić information content (AvgIpc) is 2.16. The van der Waals surface area contributed by atoms with Gasteiger partial charge in [0.1, 0.15) is 11.5 Å². The Kier molecular flexibility index (Phi) is 1.29. The lowest BCUT2D eigenvalue weighted by Gasteiger charge is -2.39. The number of carbonyl (C=O) groups is 1. The summed E-state index contributed by atoms with van der Waals surface area (Å²) in [5.74, 6) is 1.92. The average molecular weight is 174 g/mol. The molecule has 2 aliphatic rings. The molecule has 0 unspecified atom stereocenters. The fourth-order valence-corrected chi connectivity index (χ4v) is 2.21. The molecule has 1 aromatic carbocycles. The minimum Gasteiger partial charge on any atom is -0.493 e. The number of rotatable bonds is 0. The topological polar surface area (TPSA) is 26.3 Å². The van der Waals surface area contributed by atoms with E-state index in [4.69, 9.17) is 4.74 Å². The Morgan fingerprint density at radius 1 is 1.23 bits per heavy atom. The van der Waals surface area contributed by atoms with E-state index in [0.717, 1.165) is 5.75 Å². The summed E-state index contributed by atoms with van der Waals surface area (Å²) in [6.07, 6.45) is 0.713. The second-order valence-corrected chi connectivity index (χ2v) is 3.73. The number of benzene rings is 1. The van der Waals surface area contributed by atoms with Crippen molar-refractivity contribution >= 4 is 5.78 Å². The molecule has 1 aromatic rings. The van der Waals surface area contributed by atoms with Gasteiger partial charge in [-0.05, 0) is 11.6 Å². The second-order valence-electron chi connectivity index (χ2n) is 3.73. The first-order chi connectivity index (χ1) is 6.36. The van der Waals surface area contributed by atoms with E-state index in [1.807, 2.05) is 18.2 Å². The maximum atomic E-state index is 11.2. The SMILES string of the molecule is O=C1C[C@H]2c3ccccc3OC[C@@H]12. The predicted molar refractivity (Wildman–Crippen MR) is 47.8 cm³/mol. The van der Waals surface area contributed by atoms with E-state index in [-0.39, 0.29) is 5.92 Å². The zero-order valence-corrected chi connectivity index (χ0v) is 7.19. The number of carbonyl (C=O) groups excluding carboxylic acids is 1. The Morgan fingerprint density at radius 2 is 2.08 bits per heavy atom. The van der Waals surface area contributed by atoms with Gasteiger partial charge in [0.25, 0.3) is 0 Å². The van der Waals surface area contributed by atoms with E-state index in [0.29, 0.717) is 24.7 Å². The summed E-state index contributed by atoms with van der Waals surface area (Å²) in [5.41, 5.74) is 1.22. The van der Waals surface area contributed by atoms with Crippen LogP contribution in [-0.4, -0.2) is 12.4 Å². The highest BCUT2D eigenvalue weighted by molar-refractivity contribution is 5.90. The third-order valence-corrected chi connectivity index (χ3v) is 3.06. The van der Waals surface area contributed by atoms with E-state index in [9.17, 15) is 4.79 Å². The van der Waals surface area contributed by atoms with Gasteiger partial charge in [0, 0.05) is 12.3 Å². The van der Waals surface area contributed by atoms with Crippen LogP contribution in [0.2, 0.25) is 0 Å². The third kappa shape index (κ3) is 0.857. The van der Waals surface area contributed by atoms with Crippen molar-refractivity contribution in [3.63, 3.8) is 0 Å². The highest BCUT2D eigenvalue weighted by Crippen LogP contribution is 2.46. The Balaban J connectivity index is 2.05. The van der Waals surface area contributed by atoms with Gasteiger partial charge in [-0.3, -0.25) is 4.79 Å². The van der Waals surface area contributed by atoms with Gasteiger partial charge in [0.15, 0.2) is 0 Å². The molecule has 3 rings (SSSR count). The van der Waals surface area contributed by atoms with Gasteiger partial charge >= 0.3 is 0 Å². The molecule has 2 nitrogen and oxygen atoms in total. The molecule has 0 saturated heterocycles. The van der Waals surface area contributed by atoms with Crippen LogP contribution in [-0.2, 0) is 4.79 Å². The number of Topliss-reactive ketones (excluding diaryl/α,β-unsaturated/α-hetero) is 1. The molecule has 0 N–H and O–H groups in total. The van der Waals surface area contributed by atoms with Gasteiger partial charge in [-0.15, -0.1) is 0 Å². The van der Waals surface area contributed by atoms with Crippen LogP contribution in [0.1, 0.15) is 17.9 Å². The van der Waals surface area contributed by atoms with Crippen molar-refractivity contribution in [2.45, 2.75) is 12.3 Å².